The molecule has 0 rings (SSSR count). The highest BCUT2D eigenvalue weighted by Gasteiger charge is 2.26. The Morgan fingerprint density at radius 3 is 2.17 bits per heavy atom. The summed E-state index contributed by atoms with van der Waals surface area (Å²) in [5, 5.41) is 0. The third-order valence-corrected chi connectivity index (χ3v) is 5.18. The Labute approximate surface area is 181 Å². The summed E-state index contributed by atoms with van der Waals surface area (Å²) in [6.07, 6.45) is 5.64. The Bertz CT molecular complexity index is 535. The van der Waals surface area contributed by atoms with Gasteiger partial charge in [-0.05, 0) is 6.42 Å². The first kappa shape index (κ1) is 29.0. The number of rotatable bonds is 18. The van der Waals surface area contributed by atoms with E-state index >= 15 is 0 Å². The van der Waals surface area contributed by atoms with E-state index in [1.54, 1.807) is 6.92 Å². The summed E-state index contributed by atoms with van der Waals surface area (Å²) in [4.78, 5) is 33.3. The normalized spacial score (nSPS) is 14.7. The third-order valence-electron chi connectivity index (χ3n) is 4.19. The van der Waals surface area contributed by atoms with Crippen LogP contribution in [-0.4, -0.2) is 74.9 Å². The van der Waals surface area contributed by atoms with Crippen LogP contribution in [0.3, 0.4) is 0 Å². The zero-order valence-electron chi connectivity index (χ0n) is 19.3. The minimum atomic E-state index is -4.31. The van der Waals surface area contributed by atoms with Gasteiger partial charge in [0, 0.05) is 12.8 Å². The lowest BCUT2D eigenvalue weighted by molar-refractivity contribution is -0.870. The van der Waals surface area contributed by atoms with Crippen LogP contribution in [0.1, 0.15) is 65.2 Å². The molecule has 0 spiro atoms. The van der Waals surface area contributed by atoms with Crippen LogP contribution in [0, 0.1) is 0 Å². The van der Waals surface area contributed by atoms with E-state index < -0.39 is 32.5 Å². The van der Waals surface area contributed by atoms with Crippen molar-refractivity contribution < 1.29 is 42.1 Å². The first-order valence-corrected chi connectivity index (χ1v) is 12.3. The number of carbonyl (C=O) groups excluding carboxylic acids is 2. The summed E-state index contributed by atoms with van der Waals surface area (Å²) >= 11 is 0. The number of phosphoric ester groups is 1. The van der Waals surface area contributed by atoms with E-state index in [1.807, 2.05) is 21.1 Å². The van der Waals surface area contributed by atoms with Crippen molar-refractivity contribution in [3.05, 3.63) is 0 Å². The molecule has 178 valence electrons. The minimum Gasteiger partial charge on any atom is -0.462 e. The predicted molar refractivity (Wildman–Crippen MR) is 114 cm³/mol. The van der Waals surface area contributed by atoms with Gasteiger partial charge in [-0.1, -0.05) is 46.0 Å². The summed E-state index contributed by atoms with van der Waals surface area (Å²) < 4.78 is 32.8. The van der Waals surface area contributed by atoms with E-state index in [1.165, 1.54) is 6.42 Å². The standard InChI is InChI=1S/C20H40NO8P/c1-6-8-9-10-11-12-13-20(23)29-18(16-26-19(22)7-2)17-28-30(24,25)27-15-14-21(3,4)5/h18H,6-17H2,1-5H3/p+1. The molecule has 10 heteroatoms. The maximum absolute atomic E-state index is 12.1. The highest BCUT2D eigenvalue weighted by atomic mass is 31.2. The second-order valence-corrected chi connectivity index (χ2v) is 9.73. The van der Waals surface area contributed by atoms with Crippen molar-refractivity contribution in [2.45, 2.75) is 71.3 Å². The first-order valence-electron chi connectivity index (χ1n) is 10.8. The van der Waals surface area contributed by atoms with Gasteiger partial charge in [-0.2, -0.15) is 0 Å². The Morgan fingerprint density at radius 1 is 0.933 bits per heavy atom. The van der Waals surface area contributed by atoms with Gasteiger partial charge in [-0.25, -0.2) is 4.57 Å². The fourth-order valence-electron chi connectivity index (χ4n) is 2.34. The predicted octanol–water partition coefficient (Wildman–Crippen LogP) is 3.44. The van der Waals surface area contributed by atoms with E-state index in [0.717, 1.165) is 25.7 Å². The van der Waals surface area contributed by atoms with Crippen LogP contribution in [0.5, 0.6) is 0 Å². The second-order valence-electron chi connectivity index (χ2n) is 8.28. The van der Waals surface area contributed by atoms with Crippen molar-refractivity contribution in [3.8, 4) is 0 Å². The molecule has 30 heavy (non-hydrogen) atoms. The molecule has 2 atom stereocenters. The van der Waals surface area contributed by atoms with Crippen molar-refractivity contribution in [2.24, 2.45) is 0 Å². The molecular weight excluding hydrogens is 413 g/mol. The number of hydrogen-bond acceptors (Lipinski definition) is 7. The maximum atomic E-state index is 12.1. The van der Waals surface area contributed by atoms with Gasteiger partial charge in [0.15, 0.2) is 6.10 Å². The van der Waals surface area contributed by atoms with E-state index in [2.05, 4.69) is 6.92 Å². The monoisotopic (exact) mass is 454 g/mol. The number of carbonyl (C=O) groups is 2. The van der Waals surface area contributed by atoms with Crippen LogP contribution in [0.25, 0.3) is 0 Å². The van der Waals surface area contributed by atoms with Gasteiger partial charge in [0.2, 0.25) is 0 Å². The smallest absolute Gasteiger partial charge is 0.462 e. The molecule has 0 aliphatic rings. The average molecular weight is 455 g/mol. The highest BCUT2D eigenvalue weighted by Crippen LogP contribution is 2.43. The molecule has 0 aliphatic carbocycles. The molecule has 0 amide bonds. The lowest BCUT2D eigenvalue weighted by atomic mass is 10.1. The largest absolute Gasteiger partial charge is 0.472 e. The topological polar surface area (TPSA) is 108 Å². The summed E-state index contributed by atoms with van der Waals surface area (Å²) in [6, 6.07) is 0. The van der Waals surface area contributed by atoms with Crippen molar-refractivity contribution >= 4 is 19.8 Å². The number of esters is 2. The molecule has 9 nitrogen and oxygen atoms in total. The first-order chi connectivity index (χ1) is 14.0. The number of hydrogen-bond donors (Lipinski definition) is 1. The average Bonchev–Trinajstić information content (AvgIpc) is 2.65. The number of nitrogens with zero attached hydrogens (tertiary/aromatic N) is 1. The van der Waals surface area contributed by atoms with Crippen LogP contribution in [0.15, 0.2) is 0 Å². The van der Waals surface area contributed by atoms with Gasteiger partial charge in [0.25, 0.3) is 0 Å². The number of phosphoric acid groups is 1. The summed E-state index contributed by atoms with van der Waals surface area (Å²) in [5.41, 5.74) is 0. The number of quaternary nitrogens is 1. The summed E-state index contributed by atoms with van der Waals surface area (Å²) in [7, 11) is 1.46. The molecule has 0 heterocycles. The number of ether oxygens (including phenoxy) is 2. The molecule has 0 fully saturated rings. The summed E-state index contributed by atoms with van der Waals surface area (Å²) in [5.74, 6) is -0.913. The molecule has 0 bridgehead atoms. The van der Waals surface area contributed by atoms with Crippen LogP contribution in [-0.2, 0) is 32.7 Å². The molecule has 0 aromatic rings. The zero-order chi connectivity index (χ0) is 23.0. The molecule has 1 N–H and O–H groups in total. The quantitative estimate of drug-likeness (QED) is 0.145. The van der Waals surface area contributed by atoms with Gasteiger partial charge >= 0.3 is 19.8 Å². The van der Waals surface area contributed by atoms with Gasteiger partial charge < -0.3 is 18.9 Å². The fraction of sp³-hybridized carbons (Fsp3) is 0.900. The van der Waals surface area contributed by atoms with Gasteiger partial charge in [-0.3, -0.25) is 18.6 Å². The second kappa shape index (κ2) is 15.8. The highest BCUT2D eigenvalue weighted by molar-refractivity contribution is 7.47. The lowest BCUT2D eigenvalue weighted by Gasteiger charge is -2.24. The SMILES string of the molecule is CCCCCCCCC(=O)OC(COC(=O)CC)COP(=O)(O)OCC[N+](C)(C)C. The summed E-state index contributed by atoms with van der Waals surface area (Å²) in [6.45, 7) is 3.68. The lowest BCUT2D eigenvalue weighted by Crippen LogP contribution is -2.37. The van der Waals surface area contributed by atoms with Crippen LogP contribution in [0.2, 0.25) is 0 Å². The van der Waals surface area contributed by atoms with E-state index in [0.29, 0.717) is 17.4 Å². The Morgan fingerprint density at radius 2 is 1.57 bits per heavy atom. The van der Waals surface area contributed by atoms with E-state index in [-0.39, 0.29) is 26.1 Å². The van der Waals surface area contributed by atoms with Crippen molar-refractivity contribution in [1.82, 2.24) is 0 Å². The third kappa shape index (κ3) is 17.8. The van der Waals surface area contributed by atoms with E-state index in [9.17, 15) is 19.0 Å². The van der Waals surface area contributed by atoms with Gasteiger partial charge in [-0.15, -0.1) is 0 Å². The van der Waals surface area contributed by atoms with Crippen LogP contribution >= 0.6 is 7.82 Å². The molecule has 2 unspecified atom stereocenters. The van der Waals surface area contributed by atoms with Gasteiger partial charge in [0.05, 0.1) is 27.7 Å². The maximum Gasteiger partial charge on any atom is 0.472 e. The Balaban J connectivity index is 4.49. The van der Waals surface area contributed by atoms with Crippen molar-refractivity contribution in [2.75, 3.05) is 47.5 Å². The molecule has 0 aromatic heterocycles. The number of unbranched alkanes of at least 4 members (excludes halogenated alkanes) is 5. The van der Waals surface area contributed by atoms with E-state index in [4.69, 9.17) is 18.5 Å². The molecule has 0 aliphatic heterocycles. The molecule has 0 saturated heterocycles. The fourth-order valence-corrected chi connectivity index (χ4v) is 3.08. The van der Waals surface area contributed by atoms with Gasteiger partial charge in [0.1, 0.15) is 19.8 Å². The molecule has 0 aromatic carbocycles. The Hall–Kier alpha value is -0.990. The van der Waals surface area contributed by atoms with Crippen LogP contribution in [0.4, 0.5) is 0 Å². The van der Waals surface area contributed by atoms with Crippen LogP contribution < -0.4 is 0 Å². The molecule has 0 radical (unpaired) electrons. The Kier molecular flexibility index (Phi) is 15.2. The number of likely N-dealkylation sites (N-methyl/N-ethyl adjacent to an activating group) is 1. The minimum absolute atomic E-state index is 0.0323. The zero-order valence-corrected chi connectivity index (χ0v) is 20.2. The molecule has 0 saturated carbocycles. The van der Waals surface area contributed by atoms with Crippen molar-refractivity contribution in [1.29, 1.82) is 0 Å². The van der Waals surface area contributed by atoms with Crippen molar-refractivity contribution in [3.63, 3.8) is 0 Å². The molecular formula is C20H41NO8P+.